The Labute approximate surface area is 60.1 Å². The van der Waals surface area contributed by atoms with Gasteiger partial charge in [0.1, 0.15) is 6.29 Å². The number of rotatable bonds is 2. The van der Waals surface area contributed by atoms with Crippen molar-refractivity contribution < 1.29 is 4.79 Å². The fourth-order valence-electron chi connectivity index (χ4n) is 0.834. The molecule has 0 aliphatic carbocycles. The van der Waals surface area contributed by atoms with Crippen LogP contribution in [0.15, 0.2) is 4.99 Å². The molecular formula is C6H11N3O. The summed E-state index contributed by atoms with van der Waals surface area (Å²) in [6.07, 6.45) is 2.56. The zero-order valence-electron chi connectivity index (χ0n) is 6.03. The molecule has 1 aliphatic rings. The summed E-state index contributed by atoms with van der Waals surface area (Å²) in [6.45, 7) is 2.12. The molecule has 56 valence electrons. The van der Waals surface area contributed by atoms with Gasteiger partial charge >= 0.3 is 0 Å². The number of hydrazine groups is 1. The number of carbonyl (C=O) groups excluding carboxylic acids is 1. The summed E-state index contributed by atoms with van der Waals surface area (Å²) in [7, 11) is 1.94. The Morgan fingerprint density at radius 3 is 3.20 bits per heavy atom. The van der Waals surface area contributed by atoms with E-state index in [1.807, 2.05) is 12.1 Å². The third-order valence-corrected chi connectivity index (χ3v) is 1.47. The van der Waals surface area contributed by atoms with Crippen LogP contribution in [-0.2, 0) is 4.79 Å². The molecule has 0 saturated carbocycles. The molecule has 4 nitrogen and oxygen atoms in total. The predicted molar refractivity (Wildman–Crippen MR) is 38.8 cm³/mol. The van der Waals surface area contributed by atoms with E-state index in [1.54, 1.807) is 11.3 Å². The molecule has 0 amide bonds. The highest BCUT2D eigenvalue weighted by Crippen LogP contribution is 1.94. The van der Waals surface area contributed by atoms with E-state index in [-0.39, 0.29) is 0 Å². The molecular weight excluding hydrogens is 130 g/mol. The van der Waals surface area contributed by atoms with Gasteiger partial charge in [0.2, 0.25) is 0 Å². The minimum Gasteiger partial charge on any atom is -0.301 e. The largest absolute Gasteiger partial charge is 0.301 e. The molecule has 0 fully saturated rings. The summed E-state index contributed by atoms with van der Waals surface area (Å²) in [5.41, 5.74) is 0. The molecule has 1 rings (SSSR count). The predicted octanol–water partition coefficient (Wildman–Crippen LogP) is -0.624. The first kappa shape index (κ1) is 7.21. The van der Waals surface area contributed by atoms with E-state index in [9.17, 15) is 4.79 Å². The van der Waals surface area contributed by atoms with Crippen LogP contribution >= 0.6 is 0 Å². The molecule has 0 aromatic heterocycles. The number of hydrogen-bond donors (Lipinski definition) is 0. The summed E-state index contributed by atoms with van der Waals surface area (Å²) < 4.78 is 0. The molecule has 1 aliphatic heterocycles. The van der Waals surface area contributed by atoms with Crippen LogP contribution in [0.2, 0.25) is 0 Å². The van der Waals surface area contributed by atoms with Crippen molar-refractivity contribution in [2.24, 2.45) is 4.99 Å². The van der Waals surface area contributed by atoms with Crippen LogP contribution in [0.3, 0.4) is 0 Å². The van der Waals surface area contributed by atoms with Crippen LogP contribution in [0.1, 0.15) is 0 Å². The smallest absolute Gasteiger partial charge is 0.140 e. The summed E-state index contributed by atoms with van der Waals surface area (Å²) >= 11 is 0. The average Bonchev–Trinajstić information content (AvgIpc) is 1.94. The van der Waals surface area contributed by atoms with Crippen molar-refractivity contribution in [3.05, 3.63) is 0 Å². The second kappa shape index (κ2) is 3.31. The monoisotopic (exact) mass is 141 g/mol. The van der Waals surface area contributed by atoms with E-state index in [1.165, 1.54) is 0 Å². The molecule has 4 heteroatoms. The summed E-state index contributed by atoms with van der Waals surface area (Å²) in [5, 5.41) is 3.76. The molecule has 0 aromatic rings. The standard InChI is InChI=1S/C6H11N3O/c1-8-3-2-7-6-9(8)4-5-10/h5-6H,2-4H2,1H3. The zero-order valence-corrected chi connectivity index (χ0v) is 6.03. The maximum absolute atomic E-state index is 10.1. The maximum atomic E-state index is 10.1. The lowest BCUT2D eigenvalue weighted by atomic mass is 10.5. The van der Waals surface area contributed by atoms with E-state index in [2.05, 4.69) is 4.99 Å². The highest BCUT2D eigenvalue weighted by Gasteiger charge is 2.08. The molecule has 0 radical (unpaired) electrons. The van der Waals surface area contributed by atoms with Crippen molar-refractivity contribution in [1.82, 2.24) is 10.0 Å². The quantitative estimate of drug-likeness (QED) is 0.481. The highest BCUT2D eigenvalue weighted by atomic mass is 16.1. The molecule has 1 heterocycles. The van der Waals surface area contributed by atoms with E-state index in [4.69, 9.17) is 0 Å². The third kappa shape index (κ3) is 1.54. The highest BCUT2D eigenvalue weighted by molar-refractivity contribution is 5.62. The van der Waals surface area contributed by atoms with Gasteiger partial charge in [0, 0.05) is 13.6 Å². The summed E-state index contributed by atoms with van der Waals surface area (Å²) in [6, 6.07) is 0. The first-order valence-electron chi connectivity index (χ1n) is 3.26. The lowest BCUT2D eigenvalue weighted by Gasteiger charge is -2.30. The number of hydrogen-bond acceptors (Lipinski definition) is 4. The van der Waals surface area contributed by atoms with Crippen LogP contribution < -0.4 is 0 Å². The second-order valence-corrected chi connectivity index (χ2v) is 2.19. The lowest BCUT2D eigenvalue weighted by molar-refractivity contribution is -0.110. The maximum Gasteiger partial charge on any atom is 0.140 e. The normalized spacial score (nSPS) is 19.5. The zero-order chi connectivity index (χ0) is 7.40. The van der Waals surface area contributed by atoms with E-state index in [0.717, 1.165) is 19.4 Å². The van der Waals surface area contributed by atoms with Crippen molar-refractivity contribution in [3.8, 4) is 0 Å². The molecule has 0 aromatic carbocycles. The first-order chi connectivity index (χ1) is 4.84. The second-order valence-electron chi connectivity index (χ2n) is 2.19. The van der Waals surface area contributed by atoms with E-state index >= 15 is 0 Å². The van der Waals surface area contributed by atoms with E-state index in [0.29, 0.717) is 6.54 Å². The molecule has 0 spiro atoms. The Hall–Kier alpha value is -0.900. The van der Waals surface area contributed by atoms with Crippen molar-refractivity contribution in [2.45, 2.75) is 0 Å². The Balaban J connectivity index is 2.46. The van der Waals surface area contributed by atoms with Gasteiger partial charge in [-0.2, -0.15) is 0 Å². The Morgan fingerprint density at radius 2 is 2.60 bits per heavy atom. The van der Waals surface area contributed by atoms with Crippen LogP contribution in [0.5, 0.6) is 0 Å². The summed E-state index contributed by atoms with van der Waals surface area (Å²) in [5.74, 6) is 0. The molecule has 0 saturated heterocycles. The van der Waals surface area contributed by atoms with Crippen LogP contribution in [0, 0.1) is 0 Å². The first-order valence-corrected chi connectivity index (χ1v) is 3.26. The SMILES string of the molecule is CN1CCN=CN1CC=O. The Kier molecular flexibility index (Phi) is 2.39. The van der Waals surface area contributed by atoms with Crippen LogP contribution in [0.4, 0.5) is 0 Å². The lowest BCUT2D eigenvalue weighted by Crippen LogP contribution is -2.44. The third-order valence-electron chi connectivity index (χ3n) is 1.47. The van der Waals surface area contributed by atoms with Gasteiger partial charge in [0.15, 0.2) is 0 Å². The van der Waals surface area contributed by atoms with Crippen molar-refractivity contribution in [2.75, 3.05) is 26.7 Å². The number of aliphatic imine (C=N–C) groups is 1. The average molecular weight is 141 g/mol. The number of nitrogens with zero attached hydrogens (tertiary/aromatic N) is 3. The van der Waals surface area contributed by atoms with Crippen molar-refractivity contribution in [3.63, 3.8) is 0 Å². The Morgan fingerprint density at radius 1 is 1.80 bits per heavy atom. The van der Waals surface area contributed by atoms with E-state index < -0.39 is 0 Å². The van der Waals surface area contributed by atoms with Gasteiger partial charge < -0.3 is 4.79 Å². The van der Waals surface area contributed by atoms with Gasteiger partial charge in [-0.25, -0.2) is 5.01 Å². The van der Waals surface area contributed by atoms with Gasteiger partial charge in [0.05, 0.1) is 19.4 Å². The minimum absolute atomic E-state index is 0.403. The number of aldehydes is 1. The molecule has 0 atom stereocenters. The van der Waals surface area contributed by atoms with Gasteiger partial charge in [0.25, 0.3) is 0 Å². The molecule has 0 unspecified atom stereocenters. The van der Waals surface area contributed by atoms with Gasteiger partial charge in [-0.1, -0.05) is 0 Å². The molecule has 10 heavy (non-hydrogen) atoms. The van der Waals surface area contributed by atoms with Crippen molar-refractivity contribution >= 4 is 12.6 Å². The van der Waals surface area contributed by atoms with Crippen LogP contribution in [-0.4, -0.2) is 49.3 Å². The molecule has 0 bridgehead atoms. The van der Waals surface area contributed by atoms with Crippen LogP contribution in [0.25, 0.3) is 0 Å². The summed E-state index contributed by atoms with van der Waals surface area (Å²) in [4.78, 5) is 14.1. The Bertz CT molecular complexity index is 146. The molecule has 0 N–H and O–H groups in total. The number of likely N-dealkylation sites (N-methyl/N-ethyl adjacent to an activating group) is 1. The van der Waals surface area contributed by atoms with Gasteiger partial charge in [-0.3, -0.25) is 10.0 Å². The fourth-order valence-corrected chi connectivity index (χ4v) is 0.834. The van der Waals surface area contributed by atoms with Gasteiger partial charge in [-0.15, -0.1) is 0 Å². The topological polar surface area (TPSA) is 35.9 Å². The number of carbonyl (C=O) groups is 1. The fraction of sp³-hybridized carbons (Fsp3) is 0.667. The minimum atomic E-state index is 0.403. The van der Waals surface area contributed by atoms with Gasteiger partial charge in [-0.05, 0) is 0 Å². The van der Waals surface area contributed by atoms with Crippen molar-refractivity contribution in [1.29, 1.82) is 0 Å².